The second-order valence-electron chi connectivity index (χ2n) is 3.69. The molecule has 96 valence electrons. The van der Waals surface area contributed by atoms with Crippen molar-refractivity contribution < 1.29 is 19.8 Å². The summed E-state index contributed by atoms with van der Waals surface area (Å²) in [7, 11) is 12.0. The van der Waals surface area contributed by atoms with Gasteiger partial charge in [0.1, 0.15) is 0 Å². The first-order valence-electron chi connectivity index (χ1n) is 4.45. The lowest BCUT2D eigenvalue weighted by atomic mass is 10.5. The minimum Gasteiger partial charge on any atom is -0.478 e. The number of rotatable bonds is 2. The highest BCUT2D eigenvalue weighted by Gasteiger charge is 1.88. The maximum Gasteiger partial charge on any atom is 0.328 e. The summed E-state index contributed by atoms with van der Waals surface area (Å²) in [4.78, 5) is 23.1. The van der Waals surface area contributed by atoms with Gasteiger partial charge < -0.3 is 20.0 Å². The first kappa shape index (κ1) is 20.1. The molecule has 0 aromatic rings. The number of carbonyl (C=O) groups is 2. The lowest BCUT2D eigenvalue weighted by molar-refractivity contribution is -0.134. The number of carboxylic acid groups (broad SMARTS) is 2. The van der Waals surface area contributed by atoms with Crippen LogP contribution >= 0.6 is 0 Å². The molecular formula is C10H22N2O4. The molecule has 0 aliphatic heterocycles. The molecule has 0 aliphatic carbocycles. The van der Waals surface area contributed by atoms with Crippen LogP contribution in [0.3, 0.4) is 0 Å². The molecule has 0 bridgehead atoms. The van der Waals surface area contributed by atoms with Gasteiger partial charge in [0.15, 0.2) is 0 Å². The molecule has 0 aromatic carbocycles. The van der Waals surface area contributed by atoms with Crippen molar-refractivity contribution in [1.29, 1.82) is 0 Å². The van der Waals surface area contributed by atoms with Gasteiger partial charge in [-0.3, -0.25) is 0 Å². The average molecular weight is 234 g/mol. The Morgan fingerprint density at radius 3 is 0.938 bits per heavy atom. The minimum absolute atomic E-state index is 0.558. The van der Waals surface area contributed by atoms with Gasteiger partial charge in [0, 0.05) is 12.2 Å². The zero-order valence-corrected chi connectivity index (χ0v) is 10.8. The topological polar surface area (TPSA) is 81.1 Å². The molecule has 0 unspecified atom stereocenters. The van der Waals surface area contributed by atoms with Crippen LogP contribution in [0.15, 0.2) is 12.2 Å². The molecule has 0 heterocycles. The van der Waals surface area contributed by atoms with E-state index >= 15 is 0 Å². The van der Waals surface area contributed by atoms with Crippen LogP contribution in [-0.2, 0) is 9.59 Å². The fraction of sp³-hybridized carbons (Fsp3) is 0.600. The summed E-state index contributed by atoms with van der Waals surface area (Å²) in [6, 6.07) is 0. The summed E-state index contributed by atoms with van der Waals surface area (Å²) in [6.45, 7) is 0. The van der Waals surface area contributed by atoms with Crippen molar-refractivity contribution in [3.8, 4) is 0 Å². The van der Waals surface area contributed by atoms with Crippen LogP contribution in [0.1, 0.15) is 0 Å². The number of hydrogen-bond acceptors (Lipinski definition) is 4. The van der Waals surface area contributed by atoms with Crippen molar-refractivity contribution in [3.63, 3.8) is 0 Å². The third-order valence-corrected chi connectivity index (χ3v) is 0.368. The Hall–Kier alpha value is -1.40. The molecule has 0 rings (SSSR count). The minimum atomic E-state index is -1.26. The highest BCUT2D eigenvalue weighted by atomic mass is 16.4. The van der Waals surface area contributed by atoms with Crippen molar-refractivity contribution in [1.82, 2.24) is 9.80 Å². The second-order valence-corrected chi connectivity index (χ2v) is 3.69. The van der Waals surface area contributed by atoms with Crippen molar-refractivity contribution in [3.05, 3.63) is 12.2 Å². The Bertz CT molecular complexity index is 185. The van der Waals surface area contributed by atoms with E-state index in [0.717, 1.165) is 0 Å². The van der Waals surface area contributed by atoms with Crippen LogP contribution in [-0.4, -0.2) is 74.2 Å². The molecule has 0 saturated carbocycles. The van der Waals surface area contributed by atoms with Gasteiger partial charge in [0.25, 0.3) is 0 Å². The largest absolute Gasteiger partial charge is 0.478 e. The zero-order chi connectivity index (χ0) is 13.7. The van der Waals surface area contributed by atoms with E-state index in [1.54, 1.807) is 0 Å². The quantitative estimate of drug-likeness (QED) is 0.658. The Morgan fingerprint density at radius 2 is 0.875 bits per heavy atom. The molecule has 0 radical (unpaired) electrons. The van der Waals surface area contributed by atoms with Gasteiger partial charge in [-0.05, 0) is 42.3 Å². The summed E-state index contributed by atoms with van der Waals surface area (Å²) in [6.07, 6.45) is 1.12. The SMILES string of the molecule is CN(C)C.CN(C)C.O=C(O)/C=C/C(=O)O. The van der Waals surface area contributed by atoms with Crippen molar-refractivity contribution in [2.75, 3.05) is 42.3 Å². The van der Waals surface area contributed by atoms with Crippen LogP contribution in [0.25, 0.3) is 0 Å². The van der Waals surface area contributed by atoms with Crippen LogP contribution in [0, 0.1) is 0 Å². The van der Waals surface area contributed by atoms with Gasteiger partial charge in [-0.2, -0.15) is 0 Å². The van der Waals surface area contributed by atoms with E-state index in [0.29, 0.717) is 12.2 Å². The first-order chi connectivity index (χ1) is 7.09. The van der Waals surface area contributed by atoms with Crippen molar-refractivity contribution in [2.45, 2.75) is 0 Å². The standard InChI is InChI=1S/C4H4O4.2C3H9N/c5-3(6)1-2-4(7)8;2*1-4(2)3/h1-2H,(H,5,6)(H,7,8);2*1-3H3/b2-1+;;. The van der Waals surface area contributed by atoms with Crippen LogP contribution in [0.4, 0.5) is 0 Å². The molecule has 0 amide bonds. The van der Waals surface area contributed by atoms with E-state index in [4.69, 9.17) is 10.2 Å². The molecule has 0 saturated heterocycles. The molecular weight excluding hydrogens is 212 g/mol. The summed E-state index contributed by atoms with van der Waals surface area (Å²) in [5, 5.41) is 15.6. The predicted octanol–water partition coefficient (Wildman–Crippen LogP) is 0.0674. The molecule has 0 aliphatic rings. The normalized spacial score (nSPS) is 9.25. The van der Waals surface area contributed by atoms with Crippen molar-refractivity contribution >= 4 is 11.9 Å². The lowest BCUT2D eigenvalue weighted by Crippen LogP contribution is -1.99. The lowest BCUT2D eigenvalue weighted by Gasteiger charge is -1.90. The van der Waals surface area contributed by atoms with Gasteiger partial charge in [0.05, 0.1) is 0 Å². The van der Waals surface area contributed by atoms with E-state index in [1.165, 1.54) is 0 Å². The highest BCUT2D eigenvalue weighted by Crippen LogP contribution is 1.70. The van der Waals surface area contributed by atoms with E-state index in [1.807, 2.05) is 52.1 Å². The van der Waals surface area contributed by atoms with Crippen LogP contribution in [0.2, 0.25) is 0 Å². The monoisotopic (exact) mass is 234 g/mol. The smallest absolute Gasteiger partial charge is 0.328 e. The van der Waals surface area contributed by atoms with E-state index in [2.05, 4.69) is 0 Å². The van der Waals surface area contributed by atoms with Gasteiger partial charge in [-0.1, -0.05) is 0 Å². The van der Waals surface area contributed by atoms with Crippen molar-refractivity contribution in [2.24, 2.45) is 0 Å². The second kappa shape index (κ2) is 13.6. The van der Waals surface area contributed by atoms with Crippen LogP contribution in [0.5, 0.6) is 0 Å². The molecule has 0 aromatic heterocycles. The predicted molar refractivity (Wildman–Crippen MR) is 63.6 cm³/mol. The zero-order valence-electron chi connectivity index (χ0n) is 10.8. The number of carboxylic acids is 2. The maximum absolute atomic E-state index is 9.55. The van der Waals surface area contributed by atoms with Gasteiger partial charge in [-0.15, -0.1) is 0 Å². The maximum atomic E-state index is 9.55. The van der Waals surface area contributed by atoms with Gasteiger partial charge in [-0.25, -0.2) is 9.59 Å². The first-order valence-corrected chi connectivity index (χ1v) is 4.45. The summed E-state index contributed by atoms with van der Waals surface area (Å²) < 4.78 is 0. The Balaban J connectivity index is -0.000000179. The van der Waals surface area contributed by atoms with Gasteiger partial charge >= 0.3 is 11.9 Å². The Labute approximate surface area is 96.8 Å². The van der Waals surface area contributed by atoms with Gasteiger partial charge in [0.2, 0.25) is 0 Å². The molecule has 16 heavy (non-hydrogen) atoms. The number of aliphatic carboxylic acids is 2. The summed E-state index contributed by atoms with van der Waals surface area (Å²) in [5.41, 5.74) is 0. The Kier molecular flexibility index (Phi) is 17.1. The summed E-state index contributed by atoms with van der Waals surface area (Å²) >= 11 is 0. The number of hydrogen-bond donors (Lipinski definition) is 2. The molecule has 2 N–H and O–H groups in total. The molecule has 6 heteroatoms. The average Bonchev–Trinajstić information content (AvgIpc) is 1.98. The third kappa shape index (κ3) is 131. The third-order valence-electron chi connectivity index (χ3n) is 0.368. The molecule has 0 spiro atoms. The van der Waals surface area contributed by atoms with Crippen LogP contribution < -0.4 is 0 Å². The molecule has 6 nitrogen and oxygen atoms in total. The molecule has 0 fully saturated rings. The fourth-order valence-electron chi connectivity index (χ4n) is 0.143. The molecule has 0 atom stereocenters. The van der Waals surface area contributed by atoms with E-state index < -0.39 is 11.9 Å². The van der Waals surface area contributed by atoms with E-state index in [-0.39, 0.29) is 0 Å². The summed E-state index contributed by atoms with van der Waals surface area (Å²) in [5.74, 6) is -2.51. The fourth-order valence-corrected chi connectivity index (χ4v) is 0.143. The Morgan fingerprint density at radius 1 is 0.750 bits per heavy atom. The highest BCUT2D eigenvalue weighted by molar-refractivity contribution is 5.89. The number of nitrogens with zero attached hydrogens (tertiary/aromatic N) is 2. The van der Waals surface area contributed by atoms with E-state index in [9.17, 15) is 9.59 Å².